The van der Waals surface area contributed by atoms with Crippen molar-refractivity contribution >= 4 is 23.2 Å². The Balaban J connectivity index is 2.35. The van der Waals surface area contributed by atoms with Crippen LogP contribution in [0.15, 0.2) is 42.6 Å². The largest absolute Gasteiger partial charge is 0.476 e. The Hall–Kier alpha value is -2.40. The van der Waals surface area contributed by atoms with Gasteiger partial charge in [0.25, 0.3) is 0 Å². The van der Waals surface area contributed by atoms with Crippen LogP contribution >= 0.6 is 11.6 Å². The summed E-state index contributed by atoms with van der Waals surface area (Å²) in [6.07, 6.45) is 1.47. The maximum absolute atomic E-state index is 13.3. The second kappa shape index (κ2) is 4.61. The van der Waals surface area contributed by atoms with Crippen LogP contribution in [0.25, 0.3) is 16.9 Å². The fourth-order valence-corrected chi connectivity index (χ4v) is 2.22. The molecule has 0 spiro atoms. The highest BCUT2D eigenvalue weighted by Crippen LogP contribution is 2.26. The van der Waals surface area contributed by atoms with Crippen molar-refractivity contribution in [1.82, 2.24) is 9.38 Å². The van der Waals surface area contributed by atoms with E-state index in [9.17, 15) is 14.3 Å². The molecule has 0 aliphatic rings. The number of hydrogen-bond donors (Lipinski definition) is 1. The highest BCUT2D eigenvalue weighted by atomic mass is 35.5. The van der Waals surface area contributed by atoms with Gasteiger partial charge in [-0.15, -0.1) is 0 Å². The number of carboxylic acids is 1. The van der Waals surface area contributed by atoms with E-state index in [4.69, 9.17) is 11.6 Å². The number of rotatable bonds is 2. The van der Waals surface area contributed by atoms with E-state index in [0.717, 1.165) is 0 Å². The summed E-state index contributed by atoms with van der Waals surface area (Å²) in [6, 6.07) is 8.88. The molecule has 0 aliphatic heterocycles. The number of halogens is 2. The van der Waals surface area contributed by atoms with Gasteiger partial charge in [0.05, 0.1) is 5.02 Å². The van der Waals surface area contributed by atoms with E-state index < -0.39 is 11.8 Å². The number of aromatic nitrogens is 2. The van der Waals surface area contributed by atoms with Crippen molar-refractivity contribution in [3.63, 3.8) is 0 Å². The maximum Gasteiger partial charge on any atom is 0.355 e. The average molecular weight is 291 g/mol. The zero-order valence-electron chi connectivity index (χ0n) is 10.0. The van der Waals surface area contributed by atoms with E-state index in [1.54, 1.807) is 18.2 Å². The van der Waals surface area contributed by atoms with E-state index in [2.05, 4.69) is 4.98 Å². The first kappa shape index (κ1) is 12.6. The SMILES string of the molecule is O=C(O)c1c(-c2cccc(F)c2)nc2ccc(Cl)cn12. The normalized spacial score (nSPS) is 10.9. The van der Waals surface area contributed by atoms with Gasteiger partial charge in [-0.1, -0.05) is 23.7 Å². The van der Waals surface area contributed by atoms with E-state index in [0.29, 0.717) is 16.2 Å². The van der Waals surface area contributed by atoms with Gasteiger partial charge in [0, 0.05) is 11.8 Å². The van der Waals surface area contributed by atoms with Gasteiger partial charge in [-0.25, -0.2) is 14.2 Å². The number of hydrogen-bond acceptors (Lipinski definition) is 2. The first-order chi connectivity index (χ1) is 9.56. The lowest BCUT2D eigenvalue weighted by Crippen LogP contribution is -2.03. The van der Waals surface area contributed by atoms with Crippen molar-refractivity contribution in [3.05, 3.63) is 59.1 Å². The number of imidazole rings is 1. The van der Waals surface area contributed by atoms with Gasteiger partial charge >= 0.3 is 5.97 Å². The van der Waals surface area contributed by atoms with Crippen molar-refractivity contribution in [2.75, 3.05) is 0 Å². The van der Waals surface area contributed by atoms with Gasteiger partial charge in [-0.2, -0.15) is 0 Å². The van der Waals surface area contributed by atoms with Crippen LogP contribution in [-0.4, -0.2) is 20.5 Å². The molecule has 0 saturated heterocycles. The van der Waals surface area contributed by atoms with E-state index >= 15 is 0 Å². The summed E-state index contributed by atoms with van der Waals surface area (Å²) in [6.45, 7) is 0. The van der Waals surface area contributed by atoms with Crippen LogP contribution in [0, 0.1) is 5.82 Å². The minimum atomic E-state index is -1.15. The molecule has 6 heteroatoms. The van der Waals surface area contributed by atoms with Gasteiger partial charge in [0.1, 0.15) is 17.2 Å². The molecular weight excluding hydrogens is 283 g/mol. The minimum Gasteiger partial charge on any atom is -0.476 e. The summed E-state index contributed by atoms with van der Waals surface area (Å²) in [4.78, 5) is 15.7. The molecule has 0 aliphatic carbocycles. The predicted molar refractivity (Wildman–Crippen MR) is 72.6 cm³/mol. The van der Waals surface area contributed by atoms with Gasteiger partial charge in [-0.3, -0.25) is 4.40 Å². The lowest BCUT2D eigenvalue weighted by atomic mass is 10.1. The Bertz CT molecular complexity index is 829. The second-order valence-corrected chi connectivity index (χ2v) is 4.64. The molecule has 0 amide bonds. The molecule has 3 rings (SSSR count). The molecule has 0 atom stereocenters. The Morgan fingerprint density at radius 2 is 2.10 bits per heavy atom. The van der Waals surface area contributed by atoms with E-state index in [-0.39, 0.29) is 11.4 Å². The van der Waals surface area contributed by atoms with Crippen LogP contribution < -0.4 is 0 Å². The van der Waals surface area contributed by atoms with Gasteiger partial charge in [-0.05, 0) is 24.3 Å². The fourth-order valence-electron chi connectivity index (χ4n) is 2.06. The summed E-state index contributed by atoms with van der Waals surface area (Å²) < 4.78 is 14.7. The number of benzene rings is 1. The van der Waals surface area contributed by atoms with Gasteiger partial charge < -0.3 is 5.11 Å². The lowest BCUT2D eigenvalue weighted by molar-refractivity contribution is 0.0690. The average Bonchev–Trinajstić information content (AvgIpc) is 2.77. The molecule has 0 unspecified atom stereocenters. The Morgan fingerprint density at radius 1 is 1.30 bits per heavy atom. The van der Waals surface area contributed by atoms with Crippen molar-refractivity contribution in [2.24, 2.45) is 0 Å². The lowest BCUT2D eigenvalue weighted by Gasteiger charge is -2.01. The number of nitrogens with zero attached hydrogens (tertiary/aromatic N) is 2. The third kappa shape index (κ3) is 2.02. The van der Waals surface area contributed by atoms with Crippen LogP contribution in [0.4, 0.5) is 4.39 Å². The second-order valence-electron chi connectivity index (χ2n) is 4.20. The summed E-state index contributed by atoms with van der Waals surface area (Å²) in [5, 5.41) is 9.77. The highest BCUT2D eigenvalue weighted by molar-refractivity contribution is 6.30. The molecule has 20 heavy (non-hydrogen) atoms. The fraction of sp³-hybridized carbons (Fsp3) is 0. The van der Waals surface area contributed by atoms with Crippen LogP contribution in [0.5, 0.6) is 0 Å². The standard InChI is InChI=1S/C14H8ClFN2O2/c15-9-4-5-11-17-12(8-2-1-3-10(16)6-8)13(14(19)20)18(11)7-9/h1-7H,(H,19,20). The molecule has 4 nitrogen and oxygen atoms in total. The van der Waals surface area contributed by atoms with Crippen molar-refractivity contribution in [2.45, 2.75) is 0 Å². The third-order valence-electron chi connectivity index (χ3n) is 2.88. The first-order valence-electron chi connectivity index (χ1n) is 5.73. The summed E-state index contributed by atoms with van der Waals surface area (Å²) in [5.41, 5.74) is 1.00. The van der Waals surface area contributed by atoms with Crippen LogP contribution in [-0.2, 0) is 0 Å². The number of carboxylic acid groups (broad SMARTS) is 1. The van der Waals surface area contributed by atoms with Crippen LogP contribution in [0.2, 0.25) is 5.02 Å². The maximum atomic E-state index is 13.3. The molecule has 0 saturated carbocycles. The monoisotopic (exact) mass is 290 g/mol. The Labute approximate surface area is 118 Å². The molecule has 1 aromatic carbocycles. The summed E-state index contributed by atoms with van der Waals surface area (Å²) >= 11 is 5.87. The molecule has 0 fully saturated rings. The molecular formula is C14H8ClFN2O2. The van der Waals surface area contributed by atoms with Crippen molar-refractivity contribution in [3.8, 4) is 11.3 Å². The highest BCUT2D eigenvalue weighted by Gasteiger charge is 2.20. The smallest absolute Gasteiger partial charge is 0.355 e. The zero-order valence-corrected chi connectivity index (χ0v) is 10.8. The summed E-state index contributed by atoms with van der Waals surface area (Å²) in [7, 11) is 0. The molecule has 100 valence electrons. The molecule has 0 bridgehead atoms. The summed E-state index contributed by atoms with van der Waals surface area (Å²) in [5.74, 6) is -1.60. The topological polar surface area (TPSA) is 54.6 Å². The Morgan fingerprint density at radius 3 is 2.80 bits per heavy atom. The van der Waals surface area contributed by atoms with Gasteiger partial charge in [0.15, 0.2) is 5.69 Å². The van der Waals surface area contributed by atoms with Crippen molar-refractivity contribution in [1.29, 1.82) is 0 Å². The number of aromatic carboxylic acids is 1. The zero-order chi connectivity index (χ0) is 14.3. The number of pyridine rings is 1. The Kier molecular flexibility index (Phi) is 2.91. The molecule has 2 aromatic heterocycles. The molecule has 0 radical (unpaired) electrons. The van der Waals surface area contributed by atoms with E-state index in [1.807, 2.05) is 0 Å². The van der Waals surface area contributed by atoms with Crippen LogP contribution in [0.1, 0.15) is 10.5 Å². The molecule has 3 aromatic rings. The number of fused-ring (bicyclic) bond motifs is 1. The third-order valence-corrected chi connectivity index (χ3v) is 3.11. The predicted octanol–water partition coefficient (Wildman–Crippen LogP) is 3.49. The molecule has 2 heterocycles. The van der Waals surface area contributed by atoms with E-state index in [1.165, 1.54) is 28.8 Å². The van der Waals surface area contributed by atoms with Gasteiger partial charge in [0.2, 0.25) is 0 Å². The first-order valence-corrected chi connectivity index (χ1v) is 6.11. The number of carbonyl (C=O) groups is 1. The molecule has 1 N–H and O–H groups in total. The van der Waals surface area contributed by atoms with Crippen LogP contribution in [0.3, 0.4) is 0 Å². The minimum absolute atomic E-state index is 0.0481. The quantitative estimate of drug-likeness (QED) is 0.786. The van der Waals surface area contributed by atoms with Crippen molar-refractivity contribution < 1.29 is 14.3 Å².